The predicted molar refractivity (Wildman–Crippen MR) is 55.8 cm³/mol. The van der Waals surface area contributed by atoms with Gasteiger partial charge in [0, 0.05) is 12.0 Å². The van der Waals surface area contributed by atoms with Gasteiger partial charge in [0.05, 0.1) is 12.7 Å². The van der Waals surface area contributed by atoms with Crippen LogP contribution in [0.1, 0.15) is 12.5 Å². The molecule has 0 fully saturated rings. The van der Waals surface area contributed by atoms with Crippen molar-refractivity contribution in [2.24, 2.45) is 5.92 Å². The zero-order valence-corrected chi connectivity index (χ0v) is 9.24. The van der Waals surface area contributed by atoms with Crippen LogP contribution in [0.25, 0.3) is 0 Å². The third-order valence-corrected chi connectivity index (χ3v) is 2.20. The summed E-state index contributed by atoms with van der Waals surface area (Å²) in [6, 6.07) is 5.07. The van der Waals surface area contributed by atoms with Gasteiger partial charge in [0.2, 0.25) is 0 Å². The highest BCUT2D eigenvalue weighted by Gasteiger charge is 2.23. The lowest BCUT2D eigenvalue weighted by Gasteiger charge is -2.09. The monoisotopic (exact) mass is 239 g/mol. The Balaban J connectivity index is 2.89. The number of nitriles is 1. The van der Waals surface area contributed by atoms with Gasteiger partial charge >= 0.3 is 5.97 Å². The molecule has 1 atom stereocenters. The number of rotatable bonds is 4. The largest absolute Gasteiger partial charge is 0.465 e. The Bertz CT molecular complexity index is 434. The minimum Gasteiger partial charge on any atom is -0.465 e. The topological polar surface area (TPSA) is 50.1 Å². The average molecular weight is 239 g/mol. The molecule has 17 heavy (non-hydrogen) atoms. The van der Waals surface area contributed by atoms with Gasteiger partial charge in [-0.2, -0.15) is 5.26 Å². The van der Waals surface area contributed by atoms with Crippen molar-refractivity contribution >= 4 is 5.97 Å². The molecule has 90 valence electrons. The molecule has 0 saturated carbocycles. The van der Waals surface area contributed by atoms with Crippen LogP contribution >= 0.6 is 0 Å². The molecule has 1 aromatic carbocycles. The van der Waals surface area contributed by atoms with Crippen molar-refractivity contribution in [3.63, 3.8) is 0 Å². The number of hydrogen-bond acceptors (Lipinski definition) is 3. The van der Waals surface area contributed by atoms with Gasteiger partial charge in [0.1, 0.15) is 17.6 Å². The van der Waals surface area contributed by atoms with E-state index in [1.54, 1.807) is 13.0 Å². The maximum atomic E-state index is 13.3. The molecule has 1 aromatic rings. The van der Waals surface area contributed by atoms with Crippen LogP contribution in [0.15, 0.2) is 18.2 Å². The Hall–Kier alpha value is -1.96. The van der Waals surface area contributed by atoms with Crippen molar-refractivity contribution in [2.75, 3.05) is 6.61 Å². The molecule has 0 amide bonds. The number of halogens is 2. The number of nitrogens with zero attached hydrogens (tertiary/aromatic N) is 1. The maximum Gasteiger partial charge on any atom is 0.323 e. The minimum atomic E-state index is -1.19. The molecule has 0 aromatic heterocycles. The SMILES string of the molecule is CCOC(=O)C(C#N)Cc1c(F)cccc1F. The molecule has 0 saturated heterocycles. The normalized spacial score (nSPS) is 11.6. The molecule has 0 heterocycles. The van der Waals surface area contributed by atoms with Crippen LogP contribution in [-0.2, 0) is 16.0 Å². The second-order valence-electron chi connectivity index (χ2n) is 3.34. The highest BCUT2D eigenvalue weighted by molar-refractivity contribution is 5.75. The van der Waals surface area contributed by atoms with Gasteiger partial charge < -0.3 is 4.74 Å². The van der Waals surface area contributed by atoms with E-state index in [0.717, 1.165) is 12.1 Å². The molecule has 5 heteroatoms. The molecule has 0 aliphatic heterocycles. The molecule has 0 aliphatic rings. The van der Waals surface area contributed by atoms with Crippen LogP contribution < -0.4 is 0 Å². The van der Waals surface area contributed by atoms with Crippen molar-refractivity contribution in [2.45, 2.75) is 13.3 Å². The van der Waals surface area contributed by atoms with Crippen LogP contribution in [-0.4, -0.2) is 12.6 Å². The molecule has 0 radical (unpaired) electrons. The van der Waals surface area contributed by atoms with E-state index < -0.39 is 23.5 Å². The molecular weight excluding hydrogens is 228 g/mol. The smallest absolute Gasteiger partial charge is 0.323 e. The Morgan fingerprint density at radius 3 is 2.53 bits per heavy atom. The lowest BCUT2D eigenvalue weighted by atomic mass is 10.00. The Labute approximate surface area is 97.6 Å². The number of carbonyl (C=O) groups excluding carboxylic acids is 1. The first-order valence-corrected chi connectivity index (χ1v) is 5.09. The third-order valence-electron chi connectivity index (χ3n) is 2.20. The van der Waals surface area contributed by atoms with E-state index >= 15 is 0 Å². The fourth-order valence-corrected chi connectivity index (χ4v) is 1.36. The molecule has 0 spiro atoms. The van der Waals surface area contributed by atoms with E-state index in [-0.39, 0.29) is 18.6 Å². The van der Waals surface area contributed by atoms with Gasteiger partial charge in [-0.15, -0.1) is 0 Å². The summed E-state index contributed by atoms with van der Waals surface area (Å²) in [6.45, 7) is 1.72. The maximum absolute atomic E-state index is 13.3. The molecule has 1 rings (SSSR count). The Morgan fingerprint density at radius 1 is 1.47 bits per heavy atom. The van der Waals surface area contributed by atoms with Crippen molar-refractivity contribution < 1.29 is 18.3 Å². The molecule has 0 N–H and O–H groups in total. The van der Waals surface area contributed by atoms with E-state index in [2.05, 4.69) is 4.74 Å². The number of carbonyl (C=O) groups is 1. The van der Waals surface area contributed by atoms with Crippen LogP contribution in [0, 0.1) is 28.9 Å². The summed E-state index contributed by atoms with van der Waals surface area (Å²) >= 11 is 0. The summed E-state index contributed by atoms with van der Waals surface area (Å²) in [6.07, 6.45) is -0.326. The summed E-state index contributed by atoms with van der Waals surface area (Å²) in [5.74, 6) is -3.50. The standard InChI is InChI=1S/C12H11F2NO2/c1-2-17-12(16)8(7-15)6-9-10(13)4-3-5-11(9)14/h3-5,8H,2,6H2,1H3. The summed E-state index contributed by atoms with van der Waals surface area (Å²) in [5.41, 5.74) is -0.271. The Morgan fingerprint density at radius 2 is 2.06 bits per heavy atom. The van der Waals surface area contributed by atoms with Crippen molar-refractivity contribution in [1.82, 2.24) is 0 Å². The second kappa shape index (κ2) is 5.94. The molecule has 1 unspecified atom stereocenters. The highest BCUT2D eigenvalue weighted by atomic mass is 19.1. The van der Waals surface area contributed by atoms with Gasteiger partial charge in [-0.3, -0.25) is 4.79 Å². The fourth-order valence-electron chi connectivity index (χ4n) is 1.36. The predicted octanol–water partition coefficient (Wildman–Crippen LogP) is 2.21. The zero-order chi connectivity index (χ0) is 12.8. The molecule has 0 bridgehead atoms. The van der Waals surface area contributed by atoms with E-state index in [1.165, 1.54) is 6.07 Å². The Kier molecular flexibility index (Phi) is 4.58. The van der Waals surface area contributed by atoms with Gasteiger partial charge in [-0.1, -0.05) is 6.07 Å². The lowest BCUT2D eigenvalue weighted by Crippen LogP contribution is -2.19. The van der Waals surface area contributed by atoms with Gasteiger partial charge in [-0.05, 0) is 19.1 Å². The quantitative estimate of drug-likeness (QED) is 0.757. The molecule has 3 nitrogen and oxygen atoms in total. The zero-order valence-electron chi connectivity index (χ0n) is 9.24. The number of benzene rings is 1. The molecule has 0 aliphatic carbocycles. The van der Waals surface area contributed by atoms with E-state index in [1.807, 2.05) is 0 Å². The summed E-state index contributed by atoms with van der Waals surface area (Å²) in [7, 11) is 0. The summed E-state index contributed by atoms with van der Waals surface area (Å²) in [5, 5.41) is 8.77. The van der Waals surface area contributed by atoms with Crippen LogP contribution in [0.5, 0.6) is 0 Å². The summed E-state index contributed by atoms with van der Waals surface area (Å²) < 4.78 is 31.2. The van der Waals surface area contributed by atoms with Crippen LogP contribution in [0.4, 0.5) is 8.78 Å². The van der Waals surface area contributed by atoms with Crippen molar-refractivity contribution in [1.29, 1.82) is 5.26 Å². The fraction of sp³-hybridized carbons (Fsp3) is 0.333. The lowest BCUT2D eigenvalue weighted by molar-refractivity contribution is -0.145. The second-order valence-corrected chi connectivity index (χ2v) is 3.34. The first-order chi connectivity index (χ1) is 8.10. The minimum absolute atomic E-state index is 0.122. The first-order valence-electron chi connectivity index (χ1n) is 5.09. The van der Waals surface area contributed by atoms with E-state index in [9.17, 15) is 13.6 Å². The molecular formula is C12H11F2NO2. The van der Waals surface area contributed by atoms with E-state index in [0.29, 0.717) is 0 Å². The highest BCUT2D eigenvalue weighted by Crippen LogP contribution is 2.17. The third kappa shape index (κ3) is 3.25. The van der Waals surface area contributed by atoms with Gasteiger partial charge in [0.25, 0.3) is 0 Å². The van der Waals surface area contributed by atoms with Crippen molar-refractivity contribution in [3.8, 4) is 6.07 Å². The average Bonchev–Trinajstić information content (AvgIpc) is 2.29. The van der Waals surface area contributed by atoms with Gasteiger partial charge in [-0.25, -0.2) is 8.78 Å². The van der Waals surface area contributed by atoms with Crippen LogP contribution in [0.3, 0.4) is 0 Å². The van der Waals surface area contributed by atoms with Crippen molar-refractivity contribution in [3.05, 3.63) is 35.4 Å². The number of ether oxygens (including phenoxy) is 1. The first kappa shape index (κ1) is 13.1. The van der Waals surface area contributed by atoms with Crippen LogP contribution in [0.2, 0.25) is 0 Å². The number of esters is 1. The van der Waals surface area contributed by atoms with Gasteiger partial charge in [0.15, 0.2) is 0 Å². The van der Waals surface area contributed by atoms with E-state index in [4.69, 9.17) is 5.26 Å². The number of hydrogen-bond donors (Lipinski definition) is 0. The summed E-state index contributed by atoms with van der Waals surface area (Å²) in [4.78, 5) is 11.3.